The number of fused-ring (bicyclic) bond motifs is 1. The molecular formula is C21H17F6NO3S. The predicted molar refractivity (Wildman–Crippen MR) is 107 cm³/mol. The molecule has 1 aliphatic carbocycles. The van der Waals surface area contributed by atoms with Crippen molar-refractivity contribution in [3.63, 3.8) is 0 Å². The van der Waals surface area contributed by atoms with Crippen LogP contribution in [-0.2, 0) is 33.3 Å². The third-order valence-corrected chi connectivity index (χ3v) is 6.60. The molecule has 0 saturated heterocycles. The maximum absolute atomic E-state index is 13.1. The smallest absolute Gasteiger partial charge is 0.416 e. The zero-order chi connectivity index (χ0) is 23.9. The van der Waals surface area contributed by atoms with E-state index in [1.807, 2.05) is 0 Å². The molecule has 0 radical (unpaired) electrons. The minimum atomic E-state index is -5.06. The monoisotopic (exact) mass is 477 g/mol. The van der Waals surface area contributed by atoms with Gasteiger partial charge in [0.1, 0.15) is 0 Å². The van der Waals surface area contributed by atoms with Gasteiger partial charge in [0.15, 0.2) is 0 Å². The Morgan fingerprint density at radius 1 is 1.06 bits per heavy atom. The summed E-state index contributed by atoms with van der Waals surface area (Å²) in [6, 6.07) is 5.14. The first-order chi connectivity index (χ1) is 14.7. The Balaban J connectivity index is 1.94. The van der Waals surface area contributed by atoms with Crippen LogP contribution < -0.4 is 4.72 Å². The molecule has 11 heteroatoms. The van der Waals surface area contributed by atoms with Crippen LogP contribution in [0.1, 0.15) is 40.3 Å². The lowest BCUT2D eigenvalue weighted by atomic mass is 10.0. The summed E-state index contributed by atoms with van der Waals surface area (Å²) in [6.07, 6.45) is -6.90. The van der Waals surface area contributed by atoms with Crippen LogP contribution in [0.2, 0.25) is 0 Å². The van der Waals surface area contributed by atoms with Gasteiger partial charge in [-0.15, -0.1) is 0 Å². The summed E-state index contributed by atoms with van der Waals surface area (Å²) in [5.41, 5.74) is -1.07. The van der Waals surface area contributed by atoms with Crippen molar-refractivity contribution in [1.29, 1.82) is 0 Å². The number of aliphatic carboxylic acids is 1. The number of benzene rings is 2. The number of hydrogen-bond donors (Lipinski definition) is 2. The molecular weight excluding hydrogens is 460 g/mol. The van der Waals surface area contributed by atoms with Crippen molar-refractivity contribution < 1.29 is 40.5 Å². The third kappa shape index (κ3) is 5.33. The van der Waals surface area contributed by atoms with Crippen LogP contribution in [0.25, 0.3) is 6.08 Å². The number of hydrogen-bond acceptors (Lipinski definition) is 2. The van der Waals surface area contributed by atoms with E-state index in [9.17, 15) is 35.3 Å². The molecule has 2 aromatic carbocycles. The molecule has 32 heavy (non-hydrogen) atoms. The zero-order valence-electron chi connectivity index (χ0n) is 16.3. The molecule has 0 spiro atoms. The average molecular weight is 477 g/mol. The molecule has 2 unspecified atom stereocenters. The van der Waals surface area contributed by atoms with Crippen LogP contribution >= 0.6 is 0 Å². The van der Waals surface area contributed by atoms with Gasteiger partial charge >= 0.3 is 18.3 Å². The zero-order valence-corrected chi connectivity index (χ0v) is 17.1. The van der Waals surface area contributed by atoms with E-state index in [4.69, 9.17) is 5.11 Å². The summed E-state index contributed by atoms with van der Waals surface area (Å²) >= 11 is 0. The van der Waals surface area contributed by atoms with Gasteiger partial charge in [-0.2, -0.15) is 26.3 Å². The first-order valence-corrected chi connectivity index (χ1v) is 10.9. The Bertz CT molecular complexity index is 1150. The van der Waals surface area contributed by atoms with Crippen molar-refractivity contribution >= 4 is 27.6 Å². The summed E-state index contributed by atoms with van der Waals surface area (Å²) in [4.78, 5) is 9.95. The average Bonchev–Trinajstić information content (AvgIpc) is 3.06. The molecule has 0 aliphatic heterocycles. The number of carbonyl (C=O) groups is 1. The molecule has 172 valence electrons. The normalized spacial score (nSPS) is 18.5. The molecule has 1 aliphatic rings. The molecule has 0 fully saturated rings. The van der Waals surface area contributed by atoms with E-state index >= 15 is 0 Å². The second kappa shape index (κ2) is 8.28. The van der Waals surface area contributed by atoms with Gasteiger partial charge in [0.05, 0.1) is 20.8 Å². The minimum absolute atomic E-state index is 0.0317. The van der Waals surface area contributed by atoms with Crippen LogP contribution in [0.5, 0.6) is 0 Å². The fraction of sp³-hybridized carbons (Fsp3) is 0.238. The van der Waals surface area contributed by atoms with Gasteiger partial charge in [-0.3, -0.25) is 0 Å². The predicted octanol–water partition coefficient (Wildman–Crippen LogP) is 5.09. The molecule has 2 atom stereocenters. The van der Waals surface area contributed by atoms with E-state index in [-0.39, 0.29) is 6.07 Å². The molecule has 0 amide bonds. The van der Waals surface area contributed by atoms with Crippen LogP contribution in [0.4, 0.5) is 26.3 Å². The first-order valence-electron chi connectivity index (χ1n) is 9.15. The molecule has 0 heterocycles. The fourth-order valence-electron chi connectivity index (χ4n) is 3.45. The standard InChI is InChI=1S/C21H17F6NO3S/c1-32(31,16-10-14(20(22,23)24)9-15(11-16)21(25,26)27)28-18-6-4-13-8-12(2-5-17(13)18)3-7-19(29)30/h2-3,5,7-11,18H,1,4,6H2,(H,28,31)(H,29,30)/b7-3+. The number of aryl methyl sites for hydroxylation is 1. The SMILES string of the molecule is C=S(=O)(NC1CCc2cc(/C=C/C(=O)O)ccc21)c1cc(C(F)(F)F)cc(C(F)(F)F)c1. The van der Waals surface area contributed by atoms with E-state index < -0.39 is 50.1 Å². The van der Waals surface area contributed by atoms with Gasteiger partial charge in [-0.25, -0.2) is 13.7 Å². The topological polar surface area (TPSA) is 66.4 Å². The Morgan fingerprint density at radius 3 is 2.19 bits per heavy atom. The first kappa shape index (κ1) is 23.9. The molecule has 2 N–H and O–H groups in total. The van der Waals surface area contributed by atoms with Crippen LogP contribution in [0, 0.1) is 0 Å². The highest BCUT2D eigenvalue weighted by Crippen LogP contribution is 2.38. The molecule has 0 bridgehead atoms. The summed E-state index contributed by atoms with van der Waals surface area (Å²) in [5, 5.41) is 8.71. The maximum Gasteiger partial charge on any atom is 0.416 e. The molecule has 0 aromatic heterocycles. The molecule has 2 aromatic rings. The van der Waals surface area contributed by atoms with Crippen LogP contribution in [-0.4, -0.2) is 21.2 Å². The van der Waals surface area contributed by atoms with Gasteiger partial charge in [0, 0.05) is 17.0 Å². The van der Waals surface area contributed by atoms with Gasteiger partial charge < -0.3 is 5.11 Å². The highest BCUT2D eigenvalue weighted by molar-refractivity contribution is 7.98. The lowest BCUT2D eigenvalue weighted by molar-refractivity contribution is -0.143. The van der Waals surface area contributed by atoms with E-state index in [0.717, 1.165) is 11.6 Å². The number of alkyl halides is 6. The summed E-state index contributed by atoms with van der Waals surface area (Å²) < 4.78 is 94.5. The largest absolute Gasteiger partial charge is 0.478 e. The number of rotatable bonds is 5. The quantitative estimate of drug-likeness (QED) is 0.358. The van der Waals surface area contributed by atoms with Gasteiger partial charge in [-0.05, 0) is 59.7 Å². The lowest BCUT2D eigenvalue weighted by Gasteiger charge is -2.21. The minimum Gasteiger partial charge on any atom is -0.478 e. The number of carboxylic acid groups (broad SMARTS) is 1. The van der Waals surface area contributed by atoms with Gasteiger partial charge in [0.25, 0.3) is 0 Å². The molecule has 3 rings (SSSR count). The van der Waals surface area contributed by atoms with Crippen molar-refractivity contribution in [3.8, 4) is 0 Å². The lowest BCUT2D eigenvalue weighted by Crippen LogP contribution is -2.28. The summed E-state index contributed by atoms with van der Waals surface area (Å²) in [5.74, 6) is 2.27. The van der Waals surface area contributed by atoms with Crippen LogP contribution in [0.15, 0.2) is 47.4 Å². The van der Waals surface area contributed by atoms with Crippen molar-refractivity contribution in [3.05, 3.63) is 70.3 Å². The van der Waals surface area contributed by atoms with E-state index in [2.05, 4.69) is 10.6 Å². The second-order valence-electron chi connectivity index (χ2n) is 7.26. The summed E-state index contributed by atoms with van der Waals surface area (Å²) in [7, 11) is -3.73. The Morgan fingerprint density at radius 2 is 1.66 bits per heavy atom. The van der Waals surface area contributed by atoms with E-state index in [1.54, 1.807) is 18.2 Å². The van der Waals surface area contributed by atoms with Crippen molar-refractivity contribution in [2.24, 2.45) is 0 Å². The van der Waals surface area contributed by atoms with Crippen LogP contribution in [0.3, 0.4) is 0 Å². The second-order valence-corrected chi connectivity index (χ2v) is 9.31. The van der Waals surface area contributed by atoms with E-state index in [0.29, 0.717) is 36.1 Å². The fourth-order valence-corrected chi connectivity index (χ4v) is 4.92. The summed E-state index contributed by atoms with van der Waals surface area (Å²) in [6.45, 7) is 0. The number of carboxylic acids is 1. The Labute approximate surface area is 179 Å². The number of halogens is 6. The highest BCUT2D eigenvalue weighted by Gasteiger charge is 2.38. The van der Waals surface area contributed by atoms with Crippen molar-refractivity contribution in [2.45, 2.75) is 36.1 Å². The van der Waals surface area contributed by atoms with E-state index in [1.165, 1.54) is 6.08 Å². The Kier molecular flexibility index (Phi) is 6.18. The molecule has 4 nitrogen and oxygen atoms in total. The number of nitrogens with one attached hydrogen (secondary N) is 1. The van der Waals surface area contributed by atoms with Gasteiger partial charge in [-0.1, -0.05) is 18.2 Å². The Hall–Kier alpha value is -2.79. The highest BCUT2D eigenvalue weighted by atomic mass is 32.2. The molecule has 0 saturated carbocycles. The third-order valence-electron chi connectivity index (χ3n) is 4.94. The van der Waals surface area contributed by atoms with Gasteiger partial charge in [0.2, 0.25) is 0 Å². The van der Waals surface area contributed by atoms with Crippen molar-refractivity contribution in [2.75, 3.05) is 0 Å². The van der Waals surface area contributed by atoms with Crippen molar-refractivity contribution in [1.82, 2.24) is 4.72 Å². The maximum atomic E-state index is 13.1.